The third kappa shape index (κ3) is 2.60. The highest BCUT2D eigenvalue weighted by Crippen LogP contribution is 2.24. The molecule has 2 aromatic rings. The van der Waals surface area contributed by atoms with Crippen LogP contribution in [0.15, 0.2) is 30.5 Å². The van der Waals surface area contributed by atoms with Crippen LogP contribution >= 0.6 is 11.6 Å². The van der Waals surface area contributed by atoms with Crippen LogP contribution < -0.4 is 0 Å². The molecule has 1 heterocycles. The quantitative estimate of drug-likeness (QED) is 0.484. The normalized spacial score (nSPS) is 10.6. The van der Waals surface area contributed by atoms with Gasteiger partial charge < -0.3 is 9.47 Å². The number of carbonyl (C=O) groups excluding carboxylic acids is 1. The second kappa shape index (κ2) is 5.80. The first kappa shape index (κ1) is 12.8. The molecule has 0 aliphatic carbocycles. The molecule has 4 nitrogen and oxygen atoms in total. The minimum absolute atomic E-state index is 0.215. The van der Waals surface area contributed by atoms with Crippen LogP contribution in [0.4, 0.5) is 0 Å². The zero-order valence-corrected chi connectivity index (χ0v) is 10.6. The summed E-state index contributed by atoms with van der Waals surface area (Å²) in [5.74, 6) is -0.424. The molecule has 0 unspecified atom stereocenters. The fourth-order valence-electron chi connectivity index (χ4n) is 1.62. The van der Waals surface area contributed by atoms with Crippen molar-refractivity contribution in [1.29, 1.82) is 0 Å². The summed E-state index contributed by atoms with van der Waals surface area (Å²) in [6.45, 7) is 0.580. The summed E-state index contributed by atoms with van der Waals surface area (Å²) >= 11 is 5.98. The number of methoxy groups -OCH3 is 1. The first-order chi connectivity index (χ1) is 8.74. The van der Waals surface area contributed by atoms with Crippen molar-refractivity contribution in [2.24, 2.45) is 0 Å². The van der Waals surface area contributed by atoms with Crippen LogP contribution in [0.5, 0.6) is 0 Å². The molecule has 2 rings (SSSR count). The number of halogens is 1. The van der Waals surface area contributed by atoms with Gasteiger partial charge in [0.15, 0.2) is 0 Å². The Hall–Kier alpha value is -1.65. The molecule has 0 aliphatic rings. The van der Waals surface area contributed by atoms with Crippen LogP contribution in [0.3, 0.4) is 0 Å². The summed E-state index contributed by atoms with van der Waals surface area (Å²) in [5, 5.41) is 1.85. The van der Waals surface area contributed by atoms with E-state index in [1.807, 2.05) is 24.3 Å². The van der Waals surface area contributed by atoms with Gasteiger partial charge >= 0.3 is 5.97 Å². The van der Waals surface area contributed by atoms with Gasteiger partial charge in [-0.3, -0.25) is 0 Å². The first-order valence-corrected chi connectivity index (χ1v) is 5.81. The number of esters is 1. The Morgan fingerprint density at radius 3 is 2.72 bits per heavy atom. The Balaban J connectivity index is 2.33. The number of aromatic nitrogens is 1. The van der Waals surface area contributed by atoms with Crippen molar-refractivity contribution in [1.82, 2.24) is 4.98 Å². The van der Waals surface area contributed by atoms with E-state index in [0.29, 0.717) is 17.3 Å². The summed E-state index contributed by atoms with van der Waals surface area (Å²) in [5.41, 5.74) is 0.408. The maximum atomic E-state index is 11.9. The smallest absolute Gasteiger partial charge is 0.340 e. The average molecular weight is 266 g/mol. The largest absolute Gasteiger partial charge is 0.460 e. The number of hydrogen-bond donors (Lipinski definition) is 0. The third-order valence-electron chi connectivity index (χ3n) is 2.49. The second-order valence-corrected chi connectivity index (χ2v) is 3.99. The standard InChI is InChI=1S/C13H12ClNO3/c1-17-6-7-18-13(16)11-8-15-12(14)10-5-3-2-4-9(10)11/h2-5,8H,6-7H2,1H3. The zero-order valence-electron chi connectivity index (χ0n) is 9.85. The molecule has 0 amide bonds. The van der Waals surface area contributed by atoms with E-state index >= 15 is 0 Å². The van der Waals surface area contributed by atoms with Crippen LogP contribution in [0.25, 0.3) is 10.8 Å². The molecule has 0 N–H and O–H groups in total. The van der Waals surface area contributed by atoms with Crippen molar-refractivity contribution >= 4 is 28.3 Å². The Morgan fingerprint density at radius 2 is 2.00 bits per heavy atom. The molecular weight excluding hydrogens is 254 g/mol. The van der Waals surface area contributed by atoms with Crippen molar-refractivity contribution < 1.29 is 14.3 Å². The number of carbonyl (C=O) groups is 1. The SMILES string of the molecule is COCCOC(=O)c1cnc(Cl)c2ccccc12. The highest BCUT2D eigenvalue weighted by atomic mass is 35.5. The molecule has 0 radical (unpaired) electrons. The lowest BCUT2D eigenvalue weighted by molar-refractivity contribution is 0.0390. The second-order valence-electron chi connectivity index (χ2n) is 3.64. The molecule has 0 bridgehead atoms. The molecule has 1 aromatic carbocycles. The maximum absolute atomic E-state index is 11.9. The number of rotatable bonds is 4. The molecule has 18 heavy (non-hydrogen) atoms. The van der Waals surface area contributed by atoms with Crippen molar-refractivity contribution in [3.8, 4) is 0 Å². The lowest BCUT2D eigenvalue weighted by atomic mass is 10.1. The topological polar surface area (TPSA) is 48.4 Å². The van der Waals surface area contributed by atoms with Crippen molar-refractivity contribution in [2.75, 3.05) is 20.3 Å². The van der Waals surface area contributed by atoms with Crippen LogP contribution in [0.2, 0.25) is 5.15 Å². The molecule has 0 aliphatic heterocycles. The van der Waals surface area contributed by atoms with Crippen LogP contribution in [0, 0.1) is 0 Å². The number of nitrogens with zero attached hydrogens (tertiary/aromatic N) is 1. The summed E-state index contributed by atoms with van der Waals surface area (Å²) < 4.78 is 9.89. The molecule has 94 valence electrons. The van der Waals surface area contributed by atoms with E-state index in [-0.39, 0.29) is 6.61 Å². The van der Waals surface area contributed by atoms with E-state index in [9.17, 15) is 4.79 Å². The minimum Gasteiger partial charge on any atom is -0.460 e. The first-order valence-electron chi connectivity index (χ1n) is 5.43. The van der Waals surface area contributed by atoms with E-state index in [1.54, 1.807) is 7.11 Å². The fourth-order valence-corrected chi connectivity index (χ4v) is 1.83. The zero-order chi connectivity index (χ0) is 13.0. The van der Waals surface area contributed by atoms with Crippen molar-refractivity contribution in [2.45, 2.75) is 0 Å². The number of pyridine rings is 1. The van der Waals surface area contributed by atoms with Gasteiger partial charge in [0, 0.05) is 24.1 Å². The monoisotopic (exact) mass is 265 g/mol. The number of fused-ring (bicyclic) bond motifs is 1. The molecule has 1 aromatic heterocycles. The highest BCUT2D eigenvalue weighted by molar-refractivity contribution is 6.34. The highest BCUT2D eigenvalue weighted by Gasteiger charge is 2.13. The number of hydrogen-bond acceptors (Lipinski definition) is 4. The van der Waals surface area contributed by atoms with Crippen LogP contribution in [0.1, 0.15) is 10.4 Å². The van der Waals surface area contributed by atoms with E-state index in [0.717, 1.165) is 10.8 Å². The van der Waals surface area contributed by atoms with Gasteiger partial charge in [0.05, 0.1) is 12.2 Å². The van der Waals surface area contributed by atoms with Crippen molar-refractivity contribution in [3.05, 3.63) is 41.2 Å². The Bertz CT molecular complexity index is 571. The molecule has 0 saturated carbocycles. The summed E-state index contributed by atoms with van der Waals surface area (Å²) in [6, 6.07) is 7.31. The Morgan fingerprint density at radius 1 is 1.28 bits per heavy atom. The summed E-state index contributed by atoms with van der Waals surface area (Å²) in [6.07, 6.45) is 1.43. The Kier molecular flexibility index (Phi) is 4.12. The lowest BCUT2D eigenvalue weighted by Crippen LogP contribution is -2.10. The summed E-state index contributed by atoms with van der Waals surface area (Å²) in [7, 11) is 1.55. The molecule has 0 spiro atoms. The van der Waals surface area contributed by atoms with Crippen LogP contribution in [-0.4, -0.2) is 31.3 Å². The predicted molar refractivity (Wildman–Crippen MR) is 68.9 cm³/mol. The molecule has 5 heteroatoms. The fraction of sp³-hybridized carbons (Fsp3) is 0.231. The van der Waals surface area contributed by atoms with Gasteiger partial charge in [-0.1, -0.05) is 35.9 Å². The predicted octanol–water partition coefficient (Wildman–Crippen LogP) is 2.69. The molecule has 0 fully saturated rings. The van der Waals surface area contributed by atoms with E-state index in [2.05, 4.69) is 4.98 Å². The van der Waals surface area contributed by atoms with Gasteiger partial charge in [0.1, 0.15) is 11.8 Å². The average Bonchev–Trinajstić information content (AvgIpc) is 2.39. The summed E-state index contributed by atoms with van der Waals surface area (Å²) in [4.78, 5) is 15.9. The lowest BCUT2D eigenvalue weighted by Gasteiger charge is -2.07. The van der Waals surface area contributed by atoms with Gasteiger partial charge in [-0.05, 0) is 0 Å². The van der Waals surface area contributed by atoms with Crippen LogP contribution in [-0.2, 0) is 9.47 Å². The van der Waals surface area contributed by atoms with Gasteiger partial charge in [0.25, 0.3) is 0 Å². The van der Waals surface area contributed by atoms with Gasteiger partial charge in [-0.25, -0.2) is 9.78 Å². The van der Waals surface area contributed by atoms with Crippen molar-refractivity contribution in [3.63, 3.8) is 0 Å². The van der Waals surface area contributed by atoms with Gasteiger partial charge in [-0.15, -0.1) is 0 Å². The molecular formula is C13H12ClNO3. The van der Waals surface area contributed by atoms with Gasteiger partial charge in [0.2, 0.25) is 0 Å². The third-order valence-corrected chi connectivity index (χ3v) is 2.79. The maximum Gasteiger partial charge on any atom is 0.340 e. The number of ether oxygens (including phenoxy) is 2. The minimum atomic E-state index is -0.424. The van der Waals surface area contributed by atoms with E-state index in [1.165, 1.54) is 6.20 Å². The van der Waals surface area contributed by atoms with Gasteiger partial charge in [-0.2, -0.15) is 0 Å². The molecule has 0 atom stereocenters. The van der Waals surface area contributed by atoms with E-state index < -0.39 is 5.97 Å². The number of benzene rings is 1. The van der Waals surface area contributed by atoms with E-state index in [4.69, 9.17) is 21.1 Å². The molecule has 0 saturated heterocycles. The Labute approximate surface area is 109 Å².